The summed E-state index contributed by atoms with van der Waals surface area (Å²) in [5.74, 6) is 0.0796. The van der Waals surface area contributed by atoms with E-state index in [2.05, 4.69) is 34.7 Å². The van der Waals surface area contributed by atoms with Crippen molar-refractivity contribution in [2.24, 2.45) is 11.8 Å². The van der Waals surface area contributed by atoms with Crippen molar-refractivity contribution in [1.29, 1.82) is 0 Å². The van der Waals surface area contributed by atoms with Crippen molar-refractivity contribution >= 4 is 28.5 Å². The van der Waals surface area contributed by atoms with Gasteiger partial charge in [-0.1, -0.05) is 75.8 Å². The van der Waals surface area contributed by atoms with Gasteiger partial charge in [-0.25, -0.2) is 4.79 Å². The van der Waals surface area contributed by atoms with Gasteiger partial charge in [0, 0.05) is 6.42 Å². The molecule has 2 N–H and O–H groups in total. The Bertz CT molecular complexity index is 764. The number of amides is 2. The first kappa shape index (κ1) is 21.8. The van der Waals surface area contributed by atoms with Crippen molar-refractivity contribution in [3.8, 4) is 0 Å². The first-order valence-electron chi connectivity index (χ1n) is 9.49. The maximum Gasteiger partial charge on any atom is 0.408 e. The molecule has 0 radical (unpaired) electrons. The Morgan fingerprint density at radius 2 is 1.86 bits per heavy atom. The average molecular weight is 405 g/mol. The Balaban J connectivity index is 1.94. The van der Waals surface area contributed by atoms with E-state index in [-0.39, 0.29) is 18.4 Å². The first-order chi connectivity index (χ1) is 13.4. The lowest BCUT2D eigenvalue weighted by atomic mass is 9.98. The molecule has 0 aliphatic rings. The second-order valence-corrected chi connectivity index (χ2v) is 8.22. The SMILES string of the molecule is CC[C@H](C)[C@H](NC(=O)OCc1ccccc1)C(=O)Nc1nnc(CC(C)C)s1. The minimum Gasteiger partial charge on any atom is -0.445 e. The first-order valence-corrected chi connectivity index (χ1v) is 10.3. The number of hydrogen-bond donors (Lipinski definition) is 2. The monoisotopic (exact) mass is 404 g/mol. The number of nitrogens with zero attached hydrogens (tertiary/aromatic N) is 2. The van der Waals surface area contributed by atoms with Gasteiger partial charge in [0.05, 0.1) is 0 Å². The van der Waals surface area contributed by atoms with Gasteiger partial charge in [0.25, 0.3) is 0 Å². The van der Waals surface area contributed by atoms with E-state index >= 15 is 0 Å². The molecule has 7 nitrogen and oxygen atoms in total. The summed E-state index contributed by atoms with van der Waals surface area (Å²) in [5.41, 5.74) is 0.883. The number of carbonyl (C=O) groups excluding carboxylic acids is 2. The van der Waals surface area contributed by atoms with Crippen molar-refractivity contribution in [2.75, 3.05) is 5.32 Å². The molecule has 1 heterocycles. The molecule has 0 aliphatic heterocycles. The molecule has 0 saturated heterocycles. The number of alkyl carbamates (subject to hydrolysis) is 1. The van der Waals surface area contributed by atoms with Gasteiger partial charge in [-0.3, -0.25) is 10.1 Å². The smallest absolute Gasteiger partial charge is 0.408 e. The van der Waals surface area contributed by atoms with E-state index in [1.54, 1.807) is 0 Å². The lowest BCUT2D eigenvalue weighted by molar-refractivity contribution is -0.119. The second kappa shape index (κ2) is 10.8. The summed E-state index contributed by atoms with van der Waals surface area (Å²) in [6, 6.07) is 8.67. The number of rotatable bonds is 9. The van der Waals surface area contributed by atoms with Crippen LogP contribution >= 0.6 is 11.3 Å². The molecule has 1 aromatic carbocycles. The van der Waals surface area contributed by atoms with Gasteiger partial charge < -0.3 is 10.1 Å². The van der Waals surface area contributed by atoms with Gasteiger partial charge in [0.2, 0.25) is 11.0 Å². The molecule has 2 rings (SSSR count). The molecule has 0 spiro atoms. The van der Waals surface area contributed by atoms with Crippen LogP contribution in [0.3, 0.4) is 0 Å². The van der Waals surface area contributed by atoms with Crippen LogP contribution < -0.4 is 10.6 Å². The molecule has 0 bridgehead atoms. The standard InChI is InChI=1S/C20H28N4O3S/c1-5-14(4)17(21-20(26)27-12-15-9-7-6-8-10-15)18(25)22-19-24-23-16(28-19)11-13(2)3/h6-10,13-14,17H,5,11-12H2,1-4H3,(H,21,26)(H,22,24,25)/t14-,17-/m0/s1. The second-order valence-electron chi connectivity index (χ2n) is 7.16. The molecule has 1 aromatic heterocycles. The molecule has 152 valence electrons. The van der Waals surface area contributed by atoms with Gasteiger partial charge in [-0.05, 0) is 17.4 Å². The van der Waals surface area contributed by atoms with Crippen LogP contribution in [0.5, 0.6) is 0 Å². The summed E-state index contributed by atoms with van der Waals surface area (Å²) in [6.45, 7) is 8.23. The van der Waals surface area contributed by atoms with E-state index in [4.69, 9.17) is 4.74 Å². The van der Waals surface area contributed by atoms with E-state index in [0.717, 1.165) is 23.4 Å². The normalized spacial score (nSPS) is 13.0. The van der Waals surface area contributed by atoms with Gasteiger partial charge >= 0.3 is 6.09 Å². The van der Waals surface area contributed by atoms with E-state index in [0.29, 0.717) is 11.0 Å². The fourth-order valence-electron chi connectivity index (χ4n) is 2.51. The van der Waals surface area contributed by atoms with Crippen molar-refractivity contribution in [2.45, 2.75) is 53.2 Å². The van der Waals surface area contributed by atoms with E-state index in [1.165, 1.54) is 11.3 Å². The Hall–Kier alpha value is -2.48. The highest BCUT2D eigenvalue weighted by Crippen LogP contribution is 2.19. The summed E-state index contributed by atoms with van der Waals surface area (Å²) >= 11 is 1.35. The highest BCUT2D eigenvalue weighted by atomic mass is 32.1. The number of hydrogen-bond acceptors (Lipinski definition) is 6. The number of carbonyl (C=O) groups is 2. The predicted octanol–water partition coefficient (Wildman–Crippen LogP) is 4.02. The molecular weight excluding hydrogens is 376 g/mol. The summed E-state index contributed by atoms with van der Waals surface area (Å²) in [5, 5.41) is 14.9. The molecule has 0 fully saturated rings. The minimum absolute atomic E-state index is 0.0627. The Kier molecular flexibility index (Phi) is 8.38. The van der Waals surface area contributed by atoms with Crippen molar-refractivity contribution in [3.05, 3.63) is 40.9 Å². The summed E-state index contributed by atoms with van der Waals surface area (Å²) < 4.78 is 5.25. The van der Waals surface area contributed by atoms with Crippen LogP contribution in [0.1, 0.15) is 44.7 Å². The van der Waals surface area contributed by atoms with Gasteiger partial charge in [0.15, 0.2) is 0 Å². The van der Waals surface area contributed by atoms with Crippen LogP contribution in [0, 0.1) is 11.8 Å². The van der Waals surface area contributed by atoms with Crippen LogP contribution in [0.4, 0.5) is 9.93 Å². The minimum atomic E-state index is -0.717. The molecule has 0 unspecified atom stereocenters. The van der Waals surface area contributed by atoms with Crippen molar-refractivity contribution in [1.82, 2.24) is 15.5 Å². The van der Waals surface area contributed by atoms with E-state index < -0.39 is 12.1 Å². The molecule has 0 saturated carbocycles. The highest BCUT2D eigenvalue weighted by molar-refractivity contribution is 7.15. The maximum atomic E-state index is 12.7. The highest BCUT2D eigenvalue weighted by Gasteiger charge is 2.27. The molecule has 2 atom stereocenters. The zero-order chi connectivity index (χ0) is 20.5. The summed E-state index contributed by atoms with van der Waals surface area (Å²) in [7, 11) is 0. The Morgan fingerprint density at radius 1 is 1.14 bits per heavy atom. The zero-order valence-electron chi connectivity index (χ0n) is 16.8. The third-order valence-electron chi connectivity index (χ3n) is 4.26. The maximum absolute atomic E-state index is 12.7. The fourth-order valence-corrected chi connectivity index (χ4v) is 3.47. The number of benzene rings is 1. The molecule has 2 aromatic rings. The number of nitrogens with one attached hydrogen (secondary N) is 2. The number of aromatic nitrogens is 2. The number of anilines is 1. The van der Waals surface area contributed by atoms with Crippen LogP contribution in [-0.4, -0.2) is 28.2 Å². The van der Waals surface area contributed by atoms with Crippen molar-refractivity contribution in [3.63, 3.8) is 0 Å². The molecule has 2 amide bonds. The Labute approximate surface area is 169 Å². The van der Waals surface area contributed by atoms with E-state index in [1.807, 2.05) is 44.2 Å². The summed E-state index contributed by atoms with van der Waals surface area (Å²) in [4.78, 5) is 24.9. The molecule has 0 aliphatic carbocycles. The van der Waals surface area contributed by atoms with Crippen LogP contribution in [0.15, 0.2) is 30.3 Å². The lowest BCUT2D eigenvalue weighted by Gasteiger charge is -2.22. The van der Waals surface area contributed by atoms with Crippen LogP contribution in [0.25, 0.3) is 0 Å². The molecular formula is C20H28N4O3S. The lowest BCUT2D eigenvalue weighted by Crippen LogP contribution is -2.47. The zero-order valence-corrected chi connectivity index (χ0v) is 17.6. The third kappa shape index (κ3) is 6.92. The quantitative estimate of drug-likeness (QED) is 0.658. The van der Waals surface area contributed by atoms with Gasteiger partial charge in [0.1, 0.15) is 17.7 Å². The Morgan fingerprint density at radius 3 is 2.50 bits per heavy atom. The van der Waals surface area contributed by atoms with E-state index in [9.17, 15) is 9.59 Å². The van der Waals surface area contributed by atoms with Crippen LogP contribution in [-0.2, 0) is 22.6 Å². The third-order valence-corrected chi connectivity index (χ3v) is 5.12. The van der Waals surface area contributed by atoms with Gasteiger partial charge in [-0.2, -0.15) is 0 Å². The summed E-state index contributed by atoms with van der Waals surface area (Å²) in [6.07, 6.45) is 0.917. The predicted molar refractivity (Wildman–Crippen MR) is 110 cm³/mol. The topological polar surface area (TPSA) is 93.2 Å². The molecule has 8 heteroatoms. The van der Waals surface area contributed by atoms with Crippen molar-refractivity contribution < 1.29 is 14.3 Å². The number of ether oxygens (including phenoxy) is 1. The van der Waals surface area contributed by atoms with Crippen LogP contribution in [0.2, 0.25) is 0 Å². The fraction of sp³-hybridized carbons (Fsp3) is 0.500. The largest absolute Gasteiger partial charge is 0.445 e. The van der Waals surface area contributed by atoms with Gasteiger partial charge in [-0.15, -0.1) is 10.2 Å². The molecule has 28 heavy (non-hydrogen) atoms. The average Bonchev–Trinajstić information content (AvgIpc) is 3.10.